The van der Waals surface area contributed by atoms with Crippen LogP contribution in [0.15, 0.2) is 27.3 Å². The lowest BCUT2D eigenvalue weighted by atomic mass is 9.99. The molecule has 3 heterocycles. The number of hydrogen-bond acceptors (Lipinski definition) is 5. The third kappa shape index (κ3) is 2.46. The molecule has 0 aromatic carbocycles. The molecule has 18 heavy (non-hydrogen) atoms. The third-order valence-electron chi connectivity index (χ3n) is 3.44. The molecule has 96 valence electrons. The first-order chi connectivity index (χ1) is 8.81. The van der Waals surface area contributed by atoms with Crippen LogP contribution in [-0.4, -0.2) is 28.1 Å². The molecule has 1 fully saturated rings. The Bertz CT molecular complexity index is 484. The van der Waals surface area contributed by atoms with Gasteiger partial charge in [-0.15, -0.1) is 0 Å². The van der Waals surface area contributed by atoms with Gasteiger partial charge < -0.3 is 8.94 Å². The van der Waals surface area contributed by atoms with Crippen molar-refractivity contribution in [2.45, 2.75) is 26.3 Å². The van der Waals surface area contributed by atoms with E-state index in [1.165, 1.54) is 12.8 Å². The second-order valence-electron chi connectivity index (χ2n) is 4.95. The van der Waals surface area contributed by atoms with Gasteiger partial charge in [0.2, 0.25) is 11.7 Å². The van der Waals surface area contributed by atoms with Crippen LogP contribution in [-0.2, 0) is 6.54 Å². The van der Waals surface area contributed by atoms with Crippen LogP contribution < -0.4 is 0 Å². The average molecular weight is 247 g/mol. The summed E-state index contributed by atoms with van der Waals surface area (Å²) in [5.74, 6) is 2.68. The zero-order valence-corrected chi connectivity index (χ0v) is 10.5. The Morgan fingerprint density at radius 3 is 2.94 bits per heavy atom. The Morgan fingerprint density at radius 1 is 1.39 bits per heavy atom. The van der Waals surface area contributed by atoms with Gasteiger partial charge >= 0.3 is 0 Å². The van der Waals surface area contributed by atoms with E-state index in [1.807, 2.05) is 12.1 Å². The van der Waals surface area contributed by atoms with E-state index in [-0.39, 0.29) is 0 Å². The SMILES string of the molecule is CC1CCN(Cc2nc(-c3ccco3)no2)CC1. The van der Waals surface area contributed by atoms with Crippen molar-refractivity contribution in [1.29, 1.82) is 0 Å². The molecule has 0 atom stereocenters. The summed E-state index contributed by atoms with van der Waals surface area (Å²) in [5.41, 5.74) is 0. The van der Waals surface area contributed by atoms with Gasteiger partial charge in [-0.2, -0.15) is 4.98 Å². The van der Waals surface area contributed by atoms with Gasteiger partial charge in [-0.25, -0.2) is 0 Å². The van der Waals surface area contributed by atoms with Crippen LogP contribution in [0.1, 0.15) is 25.7 Å². The summed E-state index contributed by atoms with van der Waals surface area (Å²) in [4.78, 5) is 6.71. The predicted molar refractivity (Wildman–Crippen MR) is 65.7 cm³/mol. The number of likely N-dealkylation sites (tertiary alicyclic amines) is 1. The molecule has 0 saturated carbocycles. The van der Waals surface area contributed by atoms with Crippen molar-refractivity contribution in [3.63, 3.8) is 0 Å². The summed E-state index contributed by atoms with van der Waals surface area (Å²) >= 11 is 0. The molecule has 1 aliphatic rings. The fourth-order valence-corrected chi connectivity index (χ4v) is 2.24. The molecule has 0 spiro atoms. The van der Waals surface area contributed by atoms with Crippen LogP contribution >= 0.6 is 0 Å². The molecular formula is C13H17N3O2. The Kier molecular flexibility index (Phi) is 3.15. The van der Waals surface area contributed by atoms with E-state index in [4.69, 9.17) is 8.94 Å². The summed E-state index contributed by atoms with van der Waals surface area (Å²) in [6.07, 6.45) is 4.11. The van der Waals surface area contributed by atoms with E-state index >= 15 is 0 Å². The van der Waals surface area contributed by atoms with Gasteiger partial charge in [0.05, 0.1) is 12.8 Å². The summed E-state index contributed by atoms with van der Waals surface area (Å²) in [5, 5.41) is 3.93. The van der Waals surface area contributed by atoms with Crippen LogP contribution in [0.3, 0.4) is 0 Å². The summed E-state index contributed by atoms with van der Waals surface area (Å²) < 4.78 is 10.5. The quantitative estimate of drug-likeness (QED) is 0.834. The first-order valence-corrected chi connectivity index (χ1v) is 6.40. The standard InChI is InChI=1S/C13H17N3O2/c1-10-4-6-16(7-5-10)9-12-14-13(15-18-12)11-3-2-8-17-11/h2-3,8,10H,4-7,9H2,1H3. The van der Waals surface area contributed by atoms with Crippen molar-refractivity contribution < 1.29 is 8.94 Å². The van der Waals surface area contributed by atoms with Crippen LogP contribution in [0.4, 0.5) is 0 Å². The summed E-state index contributed by atoms with van der Waals surface area (Å²) in [6, 6.07) is 3.65. The smallest absolute Gasteiger partial charge is 0.241 e. The number of piperidine rings is 1. The lowest BCUT2D eigenvalue weighted by Gasteiger charge is -2.28. The highest BCUT2D eigenvalue weighted by molar-refractivity contribution is 5.44. The highest BCUT2D eigenvalue weighted by atomic mass is 16.5. The van der Waals surface area contributed by atoms with Crippen molar-refractivity contribution in [3.05, 3.63) is 24.3 Å². The van der Waals surface area contributed by atoms with E-state index < -0.39 is 0 Å². The maximum atomic E-state index is 5.26. The Morgan fingerprint density at radius 2 is 2.22 bits per heavy atom. The van der Waals surface area contributed by atoms with Gasteiger partial charge in [-0.3, -0.25) is 4.90 Å². The van der Waals surface area contributed by atoms with Gasteiger partial charge in [-0.05, 0) is 44.0 Å². The molecule has 0 unspecified atom stereocenters. The molecule has 5 nitrogen and oxygen atoms in total. The molecular weight excluding hydrogens is 230 g/mol. The first-order valence-electron chi connectivity index (χ1n) is 6.40. The zero-order valence-electron chi connectivity index (χ0n) is 10.5. The van der Waals surface area contributed by atoms with E-state index in [0.717, 1.165) is 25.6 Å². The van der Waals surface area contributed by atoms with Crippen molar-refractivity contribution in [2.75, 3.05) is 13.1 Å². The molecule has 0 amide bonds. The van der Waals surface area contributed by atoms with Gasteiger partial charge in [0.1, 0.15) is 0 Å². The number of hydrogen-bond donors (Lipinski definition) is 0. The average Bonchev–Trinajstić information content (AvgIpc) is 3.02. The molecule has 5 heteroatoms. The molecule has 0 radical (unpaired) electrons. The highest BCUT2D eigenvalue weighted by Crippen LogP contribution is 2.19. The maximum absolute atomic E-state index is 5.26. The lowest BCUT2D eigenvalue weighted by Crippen LogP contribution is -2.32. The fraction of sp³-hybridized carbons (Fsp3) is 0.538. The maximum Gasteiger partial charge on any atom is 0.241 e. The normalized spacial score (nSPS) is 18.3. The molecule has 0 bridgehead atoms. The van der Waals surface area contributed by atoms with Gasteiger partial charge in [-0.1, -0.05) is 12.1 Å². The fourth-order valence-electron chi connectivity index (χ4n) is 2.24. The molecule has 2 aromatic heterocycles. The Labute approximate surface area is 106 Å². The third-order valence-corrected chi connectivity index (χ3v) is 3.44. The van der Waals surface area contributed by atoms with Crippen molar-refractivity contribution in [2.24, 2.45) is 5.92 Å². The minimum atomic E-state index is 0.528. The first kappa shape index (κ1) is 11.5. The monoisotopic (exact) mass is 247 g/mol. The van der Waals surface area contributed by atoms with Crippen molar-refractivity contribution in [1.82, 2.24) is 15.0 Å². The molecule has 1 saturated heterocycles. The number of rotatable bonds is 3. The minimum Gasteiger partial charge on any atom is -0.461 e. The van der Waals surface area contributed by atoms with Crippen LogP contribution in [0.25, 0.3) is 11.6 Å². The van der Waals surface area contributed by atoms with E-state index in [1.54, 1.807) is 6.26 Å². The number of aromatic nitrogens is 2. The second kappa shape index (κ2) is 4.94. The van der Waals surface area contributed by atoms with Crippen molar-refractivity contribution in [3.8, 4) is 11.6 Å². The number of furan rings is 1. The molecule has 3 rings (SSSR count). The van der Waals surface area contributed by atoms with Crippen LogP contribution in [0, 0.1) is 5.92 Å². The topological polar surface area (TPSA) is 55.3 Å². The Hall–Kier alpha value is -1.62. The minimum absolute atomic E-state index is 0.528. The van der Waals surface area contributed by atoms with E-state index in [9.17, 15) is 0 Å². The van der Waals surface area contributed by atoms with Gasteiger partial charge in [0.15, 0.2) is 5.76 Å². The van der Waals surface area contributed by atoms with Crippen LogP contribution in [0.2, 0.25) is 0 Å². The van der Waals surface area contributed by atoms with E-state index in [0.29, 0.717) is 17.5 Å². The molecule has 0 N–H and O–H groups in total. The van der Waals surface area contributed by atoms with Crippen LogP contribution in [0.5, 0.6) is 0 Å². The molecule has 0 aliphatic carbocycles. The molecule has 2 aromatic rings. The van der Waals surface area contributed by atoms with E-state index in [2.05, 4.69) is 22.0 Å². The van der Waals surface area contributed by atoms with Gasteiger partial charge in [0, 0.05) is 0 Å². The number of nitrogens with zero attached hydrogens (tertiary/aromatic N) is 3. The molecule has 1 aliphatic heterocycles. The largest absolute Gasteiger partial charge is 0.461 e. The highest BCUT2D eigenvalue weighted by Gasteiger charge is 2.18. The van der Waals surface area contributed by atoms with Gasteiger partial charge in [0.25, 0.3) is 0 Å². The van der Waals surface area contributed by atoms with Crippen molar-refractivity contribution >= 4 is 0 Å². The Balaban J connectivity index is 1.64. The summed E-state index contributed by atoms with van der Waals surface area (Å²) in [6.45, 7) is 5.26. The lowest BCUT2D eigenvalue weighted by molar-refractivity contribution is 0.165. The zero-order chi connectivity index (χ0) is 12.4. The predicted octanol–water partition coefficient (Wildman–Crippen LogP) is 2.56. The second-order valence-corrected chi connectivity index (χ2v) is 4.95. The summed E-state index contributed by atoms with van der Waals surface area (Å²) in [7, 11) is 0.